The Morgan fingerprint density at radius 1 is 0.516 bits per heavy atom. The molecule has 0 amide bonds. The van der Waals surface area contributed by atoms with E-state index < -0.39 is 32.5 Å². The molecular formula is C52H86NO8P. The second-order valence-corrected chi connectivity index (χ2v) is 17.8. The van der Waals surface area contributed by atoms with E-state index in [-0.39, 0.29) is 26.1 Å². The monoisotopic (exact) mass is 884 g/mol. The van der Waals surface area contributed by atoms with Gasteiger partial charge >= 0.3 is 11.9 Å². The Kier molecular flexibility index (Phi) is 40.6. The summed E-state index contributed by atoms with van der Waals surface area (Å²) >= 11 is 0. The highest BCUT2D eigenvalue weighted by Gasteiger charge is 2.21. The van der Waals surface area contributed by atoms with E-state index in [4.69, 9.17) is 18.5 Å². The lowest BCUT2D eigenvalue weighted by molar-refractivity contribution is -0.870. The van der Waals surface area contributed by atoms with Crippen molar-refractivity contribution >= 4 is 19.8 Å². The van der Waals surface area contributed by atoms with Gasteiger partial charge in [0.25, 0.3) is 7.82 Å². The van der Waals surface area contributed by atoms with E-state index in [0.717, 1.165) is 77.0 Å². The minimum Gasteiger partial charge on any atom is -0.756 e. The Hall–Kier alpha value is -3.33. The van der Waals surface area contributed by atoms with Crippen LogP contribution in [0.25, 0.3) is 0 Å². The van der Waals surface area contributed by atoms with Crippen LogP contribution in [0.5, 0.6) is 0 Å². The molecule has 0 aliphatic carbocycles. The Labute approximate surface area is 378 Å². The maximum atomic E-state index is 12.6. The molecule has 2 unspecified atom stereocenters. The molecule has 0 bridgehead atoms. The molecule has 10 heteroatoms. The van der Waals surface area contributed by atoms with Gasteiger partial charge in [-0.15, -0.1) is 0 Å². The average molecular weight is 884 g/mol. The summed E-state index contributed by atoms with van der Waals surface area (Å²) in [5, 5.41) is 0. The topological polar surface area (TPSA) is 111 Å². The van der Waals surface area contributed by atoms with Gasteiger partial charge in [-0.1, -0.05) is 175 Å². The molecule has 0 aromatic rings. The van der Waals surface area contributed by atoms with Gasteiger partial charge in [0, 0.05) is 6.42 Å². The molecule has 0 saturated carbocycles. The third kappa shape index (κ3) is 46.2. The smallest absolute Gasteiger partial charge is 0.310 e. The number of phosphoric acid groups is 1. The summed E-state index contributed by atoms with van der Waals surface area (Å²) in [4.78, 5) is 37.5. The molecule has 0 fully saturated rings. The number of unbranched alkanes of at least 4 members (excludes halogenated alkanes) is 10. The molecule has 0 radical (unpaired) electrons. The van der Waals surface area contributed by atoms with E-state index in [1.54, 1.807) is 6.08 Å². The number of ether oxygens (including phenoxy) is 2. The first kappa shape index (κ1) is 58.7. The Balaban J connectivity index is 4.38. The molecule has 0 heterocycles. The minimum atomic E-state index is -4.66. The highest BCUT2D eigenvalue weighted by molar-refractivity contribution is 7.45. The number of rotatable bonds is 41. The van der Waals surface area contributed by atoms with Crippen molar-refractivity contribution in [2.75, 3.05) is 47.5 Å². The maximum Gasteiger partial charge on any atom is 0.310 e. The summed E-state index contributed by atoms with van der Waals surface area (Å²) in [7, 11) is 1.09. The fraction of sp³-hybridized carbons (Fsp3) is 0.615. The van der Waals surface area contributed by atoms with Gasteiger partial charge in [0.2, 0.25) is 0 Å². The van der Waals surface area contributed by atoms with Crippen LogP contribution in [-0.2, 0) is 32.7 Å². The minimum absolute atomic E-state index is 0.0142. The van der Waals surface area contributed by atoms with Gasteiger partial charge in [-0.3, -0.25) is 14.2 Å². The average Bonchev–Trinajstić information content (AvgIpc) is 3.23. The third-order valence-corrected chi connectivity index (χ3v) is 10.3. The first-order chi connectivity index (χ1) is 30.0. The lowest BCUT2D eigenvalue weighted by Gasteiger charge is -2.28. The van der Waals surface area contributed by atoms with E-state index in [9.17, 15) is 19.0 Å². The quantitative estimate of drug-likeness (QED) is 0.0196. The van der Waals surface area contributed by atoms with E-state index in [0.29, 0.717) is 23.9 Å². The molecule has 0 saturated heterocycles. The normalized spacial score (nSPS) is 14.5. The number of nitrogens with zero attached hydrogens (tertiary/aromatic N) is 1. The largest absolute Gasteiger partial charge is 0.756 e. The fourth-order valence-corrected chi connectivity index (χ4v) is 6.45. The lowest BCUT2D eigenvalue weighted by atomic mass is 10.1. The predicted octanol–water partition coefficient (Wildman–Crippen LogP) is 13.3. The zero-order valence-corrected chi connectivity index (χ0v) is 40.4. The van der Waals surface area contributed by atoms with Crippen molar-refractivity contribution in [3.8, 4) is 0 Å². The number of likely N-dealkylation sites (N-methyl/N-ethyl adjacent to an activating group) is 1. The molecule has 2 atom stereocenters. The van der Waals surface area contributed by atoms with Crippen LogP contribution in [0.3, 0.4) is 0 Å². The van der Waals surface area contributed by atoms with Gasteiger partial charge in [-0.2, -0.15) is 0 Å². The lowest BCUT2D eigenvalue weighted by Crippen LogP contribution is -2.37. The SMILES string of the molecule is CC/C=C\C/C=C\C/C=C\C/C=C\C/C=C\CC(=O)OC(COC(=O)CCCCCCCCCCCC/C=C\C/C=C\C/C=C\C/C=C\CC)COP(=O)([O-])OCC[N+](C)(C)C. The number of hydrogen-bond acceptors (Lipinski definition) is 8. The van der Waals surface area contributed by atoms with Crippen molar-refractivity contribution < 1.29 is 42.1 Å². The molecular weight excluding hydrogens is 798 g/mol. The van der Waals surface area contributed by atoms with Crippen LogP contribution >= 0.6 is 7.82 Å². The van der Waals surface area contributed by atoms with Gasteiger partial charge in [0.15, 0.2) is 6.10 Å². The first-order valence-corrected chi connectivity index (χ1v) is 25.1. The Morgan fingerprint density at radius 3 is 1.37 bits per heavy atom. The molecule has 0 N–H and O–H groups in total. The van der Waals surface area contributed by atoms with Gasteiger partial charge in [0.05, 0.1) is 34.2 Å². The zero-order chi connectivity index (χ0) is 45.7. The standard InChI is InChI=1S/C52H86NO8P/c1-6-8-10-12-14-16-18-20-22-23-24-25-26-27-28-29-31-32-34-36-38-40-42-44-51(54)58-48-50(49-60-62(56,57)59-47-46-53(3,4)5)61-52(55)45-43-41-39-37-35-33-30-21-19-17-15-13-11-9-7-2/h8-11,14-17,20-22,24-25,30,35,37,41,43,50H,6-7,12-13,18-19,23,26-29,31-34,36,38-40,42,44-49H2,1-5H3/b10-8-,11-9-,16-14-,17-15-,22-20-,25-24-,30-21-,37-35-,43-41-. The highest BCUT2D eigenvalue weighted by atomic mass is 31.2. The molecule has 9 nitrogen and oxygen atoms in total. The van der Waals surface area contributed by atoms with Crippen molar-refractivity contribution in [2.24, 2.45) is 0 Å². The molecule has 0 spiro atoms. The summed E-state index contributed by atoms with van der Waals surface area (Å²) < 4.78 is 33.8. The zero-order valence-electron chi connectivity index (χ0n) is 39.5. The molecule has 352 valence electrons. The van der Waals surface area contributed by atoms with Crippen molar-refractivity contribution in [3.05, 3.63) is 109 Å². The molecule has 62 heavy (non-hydrogen) atoms. The highest BCUT2D eigenvalue weighted by Crippen LogP contribution is 2.38. The van der Waals surface area contributed by atoms with Crippen LogP contribution in [0.1, 0.15) is 155 Å². The molecule has 0 aliphatic rings. The van der Waals surface area contributed by atoms with Gasteiger partial charge in [0.1, 0.15) is 19.8 Å². The number of phosphoric ester groups is 1. The third-order valence-electron chi connectivity index (χ3n) is 9.32. The predicted molar refractivity (Wildman–Crippen MR) is 258 cm³/mol. The van der Waals surface area contributed by atoms with E-state index in [1.165, 1.54) is 38.5 Å². The number of carbonyl (C=O) groups is 2. The van der Waals surface area contributed by atoms with Gasteiger partial charge in [-0.05, 0) is 77.0 Å². The molecule has 0 aliphatic heterocycles. The fourth-order valence-electron chi connectivity index (χ4n) is 5.72. The van der Waals surface area contributed by atoms with E-state index in [1.807, 2.05) is 33.3 Å². The van der Waals surface area contributed by atoms with Gasteiger partial charge < -0.3 is 27.9 Å². The number of hydrogen-bond donors (Lipinski definition) is 0. The number of esters is 2. The number of allylic oxidation sites excluding steroid dienone is 17. The van der Waals surface area contributed by atoms with Gasteiger partial charge in [-0.25, -0.2) is 0 Å². The number of quaternary nitrogens is 1. The molecule has 0 rings (SSSR count). The molecule has 0 aromatic carbocycles. The second kappa shape index (κ2) is 42.9. The molecule has 0 aromatic heterocycles. The second-order valence-electron chi connectivity index (χ2n) is 16.4. The van der Waals surface area contributed by atoms with Crippen molar-refractivity contribution in [1.29, 1.82) is 0 Å². The summed E-state index contributed by atoms with van der Waals surface area (Å²) in [5.41, 5.74) is 0. The van der Waals surface area contributed by atoms with Crippen LogP contribution in [0.4, 0.5) is 0 Å². The Bertz CT molecular complexity index is 1420. The maximum absolute atomic E-state index is 12.6. The van der Waals surface area contributed by atoms with Crippen LogP contribution in [0.15, 0.2) is 109 Å². The van der Waals surface area contributed by atoms with Crippen LogP contribution < -0.4 is 4.89 Å². The summed E-state index contributed by atoms with van der Waals surface area (Å²) in [5.74, 6) is -0.997. The Morgan fingerprint density at radius 2 is 0.919 bits per heavy atom. The van der Waals surface area contributed by atoms with Crippen LogP contribution in [0, 0.1) is 0 Å². The first-order valence-electron chi connectivity index (χ1n) is 23.6. The summed E-state index contributed by atoms with van der Waals surface area (Å²) in [6.07, 6.45) is 58.7. The summed E-state index contributed by atoms with van der Waals surface area (Å²) in [6.45, 7) is 3.86. The van der Waals surface area contributed by atoms with Crippen molar-refractivity contribution in [2.45, 2.75) is 161 Å². The van der Waals surface area contributed by atoms with E-state index in [2.05, 4.69) is 105 Å². The summed E-state index contributed by atoms with van der Waals surface area (Å²) in [6, 6.07) is 0. The van der Waals surface area contributed by atoms with E-state index >= 15 is 0 Å². The van der Waals surface area contributed by atoms with Crippen LogP contribution in [-0.4, -0.2) is 70.0 Å². The number of carbonyl (C=O) groups excluding carboxylic acids is 2. The van der Waals surface area contributed by atoms with Crippen molar-refractivity contribution in [3.63, 3.8) is 0 Å². The van der Waals surface area contributed by atoms with Crippen molar-refractivity contribution in [1.82, 2.24) is 0 Å². The van der Waals surface area contributed by atoms with Crippen LogP contribution in [0.2, 0.25) is 0 Å².